The van der Waals surface area contributed by atoms with Crippen LogP contribution in [0.4, 0.5) is 5.69 Å². The van der Waals surface area contributed by atoms with E-state index in [2.05, 4.69) is 58.8 Å². The number of ether oxygens (including phenoxy) is 1. The van der Waals surface area contributed by atoms with Gasteiger partial charge in [0.25, 0.3) is 0 Å². The molecule has 1 aromatic rings. The number of benzene rings is 1. The van der Waals surface area contributed by atoms with E-state index in [1.54, 1.807) is 7.11 Å². The summed E-state index contributed by atoms with van der Waals surface area (Å²) in [7, 11) is 1.66. The number of hydrogen-bond acceptors (Lipinski definition) is 9. The van der Waals surface area contributed by atoms with Crippen LogP contribution in [0.25, 0.3) is 0 Å². The Kier molecular flexibility index (Phi) is 6.67. The van der Waals surface area contributed by atoms with E-state index < -0.39 is 6.83 Å². The van der Waals surface area contributed by atoms with Gasteiger partial charge in [0.05, 0.1) is 0 Å². The van der Waals surface area contributed by atoms with Gasteiger partial charge in [-0.05, 0) is 0 Å². The van der Waals surface area contributed by atoms with E-state index in [1.807, 2.05) is 12.1 Å². The minimum atomic E-state index is -3.00. The fourth-order valence-corrected chi connectivity index (χ4v) is 8.78. The number of guanidine groups is 1. The summed E-state index contributed by atoms with van der Waals surface area (Å²) in [6, 6.07) is 9.46. The Labute approximate surface area is 214 Å². The van der Waals surface area contributed by atoms with Crippen LogP contribution in [0.5, 0.6) is 5.75 Å². The van der Waals surface area contributed by atoms with Crippen LogP contribution in [0, 0.1) is 17.2 Å². The summed E-state index contributed by atoms with van der Waals surface area (Å²) in [4.78, 5) is 19.3. The van der Waals surface area contributed by atoms with E-state index in [4.69, 9.17) is 9.73 Å². The maximum atomic E-state index is 12.0. The molecule has 5 rings (SSSR count). The number of anilines is 1. The van der Waals surface area contributed by atoms with Gasteiger partial charge in [-0.25, -0.2) is 0 Å². The molecule has 1 saturated carbocycles. The van der Waals surface area contributed by atoms with Gasteiger partial charge in [0.2, 0.25) is 0 Å². The van der Waals surface area contributed by atoms with Crippen molar-refractivity contribution in [2.75, 3.05) is 51.0 Å². The first kappa shape index (κ1) is 25.3. The Morgan fingerprint density at radius 1 is 1.33 bits per heavy atom. The van der Waals surface area contributed by atoms with Crippen molar-refractivity contribution in [2.45, 2.75) is 51.4 Å². The van der Waals surface area contributed by atoms with E-state index in [0.717, 1.165) is 60.3 Å². The SMILES string of the molecule is CC[C@H](C)NC1NC(Nc2ccc(P3(C)(O)CCN(C4CC4)CC3)cc2OC)=NC2=C1C(C#N)CN2. The molecule has 0 aromatic heterocycles. The Morgan fingerprint density at radius 3 is 2.72 bits per heavy atom. The monoisotopic (exact) mass is 513 g/mol. The van der Waals surface area contributed by atoms with Crippen molar-refractivity contribution in [2.24, 2.45) is 10.9 Å². The normalized spacial score (nSPS) is 28.9. The summed E-state index contributed by atoms with van der Waals surface area (Å²) in [5, 5.41) is 24.3. The number of nitrogens with zero attached hydrogens (tertiary/aromatic N) is 3. The van der Waals surface area contributed by atoms with Gasteiger partial charge in [0.15, 0.2) is 0 Å². The molecule has 2 unspecified atom stereocenters. The van der Waals surface area contributed by atoms with Gasteiger partial charge in [-0.15, -0.1) is 0 Å². The average Bonchev–Trinajstić information content (AvgIpc) is 3.63. The third-order valence-electron chi connectivity index (χ3n) is 8.36. The molecule has 1 aliphatic carbocycles. The first-order valence-corrected chi connectivity index (χ1v) is 16.2. The molecule has 3 atom stereocenters. The molecule has 10 heteroatoms. The molecule has 5 N–H and O–H groups in total. The fourth-order valence-electron chi connectivity index (χ4n) is 5.47. The Hall–Kier alpha value is -2.37. The predicted molar refractivity (Wildman–Crippen MR) is 147 cm³/mol. The van der Waals surface area contributed by atoms with Crippen LogP contribution in [-0.4, -0.2) is 79.7 Å². The number of aliphatic imine (C=N–C) groups is 1. The van der Waals surface area contributed by atoms with Crippen molar-refractivity contribution in [3.05, 3.63) is 29.6 Å². The molecule has 2 fully saturated rings. The third-order valence-corrected chi connectivity index (χ3v) is 12.9. The van der Waals surface area contributed by atoms with Gasteiger partial charge in [-0.1, -0.05) is 0 Å². The van der Waals surface area contributed by atoms with Crippen LogP contribution in [0.3, 0.4) is 0 Å². The van der Waals surface area contributed by atoms with Crippen LogP contribution in [0.15, 0.2) is 34.6 Å². The summed E-state index contributed by atoms with van der Waals surface area (Å²) >= 11 is 0. The standard InChI is InChI=1S/C26H40N7O2P/c1-5-17(2)29-25-23-18(15-27)16-28-24(23)31-26(32-25)30-21-9-8-20(14-22(21)35-3)36(4,34)12-10-33(11-13-36)19-6-7-19/h8-9,14,17-19,25,28-29,34H,5-7,10-13,16H2,1-4H3,(H2,30,31,32)/t17-,18?,25?/m0/s1. The number of nitrogens with one attached hydrogen (secondary N) is 4. The van der Waals surface area contributed by atoms with E-state index in [9.17, 15) is 10.2 Å². The summed E-state index contributed by atoms with van der Waals surface area (Å²) in [5.74, 6) is 1.80. The first-order valence-electron chi connectivity index (χ1n) is 13.2. The zero-order valence-electron chi connectivity index (χ0n) is 21.8. The van der Waals surface area contributed by atoms with Crippen LogP contribution in [0.1, 0.15) is 33.1 Å². The van der Waals surface area contributed by atoms with Crippen molar-refractivity contribution >= 4 is 23.8 Å². The summed E-state index contributed by atoms with van der Waals surface area (Å²) in [6.07, 6.45) is 5.05. The molecule has 1 aromatic carbocycles. The van der Waals surface area contributed by atoms with Gasteiger partial charge >= 0.3 is 214 Å². The Balaban J connectivity index is 1.37. The molecule has 1 saturated heterocycles. The number of nitriles is 1. The van der Waals surface area contributed by atoms with Gasteiger partial charge in [0, 0.05) is 0 Å². The Morgan fingerprint density at radius 2 is 2.08 bits per heavy atom. The summed E-state index contributed by atoms with van der Waals surface area (Å²) < 4.78 is 5.78. The summed E-state index contributed by atoms with van der Waals surface area (Å²) in [5.41, 5.74) is 1.74. The zero-order chi connectivity index (χ0) is 25.5. The van der Waals surface area contributed by atoms with Gasteiger partial charge in [-0.2, -0.15) is 0 Å². The molecule has 0 spiro atoms. The zero-order valence-corrected chi connectivity index (χ0v) is 22.7. The second kappa shape index (κ2) is 9.50. The molecule has 3 aliphatic heterocycles. The summed E-state index contributed by atoms with van der Waals surface area (Å²) in [6.45, 7) is 5.87. The van der Waals surface area contributed by atoms with Gasteiger partial charge in [0.1, 0.15) is 0 Å². The molecular weight excluding hydrogens is 473 g/mol. The van der Waals surface area contributed by atoms with E-state index in [0.29, 0.717) is 18.3 Å². The van der Waals surface area contributed by atoms with E-state index in [1.165, 1.54) is 12.8 Å². The van der Waals surface area contributed by atoms with Crippen LogP contribution < -0.4 is 31.3 Å². The van der Waals surface area contributed by atoms with E-state index >= 15 is 0 Å². The molecule has 196 valence electrons. The molecule has 0 amide bonds. The predicted octanol–water partition coefficient (Wildman–Crippen LogP) is 1.93. The molecule has 4 aliphatic rings. The first-order chi connectivity index (χ1) is 17.2. The van der Waals surface area contributed by atoms with Gasteiger partial charge < -0.3 is 0 Å². The molecule has 3 heterocycles. The number of hydrogen-bond donors (Lipinski definition) is 5. The van der Waals surface area contributed by atoms with Crippen LogP contribution in [0.2, 0.25) is 0 Å². The third kappa shape index (κ3) is 4.80. The average molecular weight is 514 g/mol. The second-order valence-electron chi connectivity index (χ2n) is 11.1. The van der Waals surface area contributed by atoms with E-state index in [-0.39, 0.29) is 18.1 Å². The van der Waals surface area contributed by atoms with Crippen molar-refractivity contribution in [3.8, 4) is 11.8 Å². The van der Waals surface area contributed by atoms with Gasteiger partial charge in [-0.3, -0.25) is 0 Å². The van der Waals surface area contributed by atoms with Crippen molar-refractivity contribution < 1.29 is 9.63 Å². The van der Waals surface area contributed by atoms with Crippen LogP contribution >= 0.6 is 6.83 Å². The number of rotatable bonds is 7. The fraction of sp³-hybridized carbons (Fsp3) is 0.615. The van der Waals surface area contributed by atoms with Crippen molar-refractivity contribution in [3.63, 3.8) is 0 Å². The maximum absolute atomic E-state index is 12.0. The molecule has 9 nitrogen and oxygen atoms in total. The van der Waals surface area contributed by atoms with Crippen molar-refractivity contribution in [1.29, 1.82) is 5.26 Å². The topological polar surface area (TPSA) is 117 Å². The van der Waals surface area contributed by atoms with Crippen molar-refractivity contribution in [1.82, 2.24) is 20.9 Å². The molecule has 0 bridgehead atoms. The number of methoxy groups -OCH3 is 1. The minimum absolute atomic E-state index is 0.192. The quantitative estimate of drug-likeness (QED) is 0.351. The molecular formula is C26H40N7O2P. The molecule has 36 heavy (non-hydrogen) atoms. The second-order valence-corrected chi connectivity index (χ2v) is 16.5. The Bertz CT molecular complexity index is 1110. The molecule has 0 radical (unpaired) electrons. The van der Waals surface area contributed by atoms with Crippen LogP contribution in [-0.2, 0) is 0 Å².